The van der Waals surface area contributed by atoms with Gasteiger partial charge in [-0.25, -0.2) is 9.59 Å². The molecule has 4 saturated heterocycles. The van der Waals surface area contributed by atoms with Gasteiger partial charge in [0.1, 0.15) is 113 Å². The fourth-order valence-electron chi connectivity index (χ4n) is 9.91. The first kappa shape index (κ1) is 64.6. The fraction of sp³-hybridized carbons (Fsp3) is 0.424. The van der Waals surface area contributed by atoms with E-state index in [0.717, 1.165) is 31.2 Å². The van der Waals surface area contributed by atoms with Crippen LogP contribution in [0.1, 0.15) is 31.9 Å². The molecule has 0 saturated carbocycles. The van der Waals surface area contributed by atoms with Gasteiger partial charge in [-0.05, 0) is 85.7 Å². The van der Waals surface area contributed by atoms with Crippen LogP contribution in [-0.4, -0.2) is 220 Å². The van der Waals surface area contributed by atoms with Gasteiger partial charge in [-0.1, -0.05) is 24.3 Å². The first-order valence-corrected chi connectivity index (χ1v) is 27.3. The van der Waals surface area contributed by atoms with E-state index < -0.39 is 193 Å². The van der Waals surface area contributed by atoms with E-state index in [9.17, 15) is 80.8 Å². The molecule has 29 nitrogen and oxygen atoms in total. The Bertz CT molecular complexity index is 3350. The number of esters is 3. The van der Waals surface area contributed by atoms with Crippen molar-refractivity contribution in [1.82, 2.24) is 0 Å². The first-order chi connectivity index (χ1) is 41.9. The van der Waals surface area contributed by atoms with Crippen LogP contribution in [0.25, 0.3) is 34.4 Å². The second-order valence-electron chi connectivity index (χ2n) is 21.0. The van der Waals surface area contributed by atoms with Crippen LogP contribution < -0.4 is 14.9 Å². The number of hydrogen-bond donors (Lipinski definition) is 13. The molecule has 20 unspecified atom stereocenters. The Balaban J connectivity index is 1.09. The van der Waals surface area contributed by atoms with Crippen molar-refractivity contribution in [2.24, 2.45) is 0 Å². The van der Waals surface area contributed by atoms with Crippen molar-refractivity contribution >= 4 is 41.0 Å². The molecular weight excluding hydrogens is 1170 g/mol. The van der Waals surface area contributed by atoms with E-state index in [1.165, 1.54) is 98.8 Å². The van der Waals surface area contributed by atoms with Gasteiger partial charge in [0, 0.05) is 36.8 Å². The molecule has 5 aromatic rings. The second-order valence-corrected chi connectivity index (χ2v) is 21.0. The Labute approximate surface area is 498 Å². The summed E-state index contributed by atoms with van der Waals surface area (Å²) in [6, 6.07) is 18.3. The highest BCUT2D eigenvalue weighted by Gasteiger charge is 2.55. The van der Waals surface area contributed by atoms with Crippen LogP contribution in [0.5, 0.6) is 34.5 Å². The molecule has 13 N–H and O–H groups in total. The summed E-state index contributed by atoms with van der Waals surface area (Å²) in [5, 5.41) is 140. The quantitative estimate of drug-likeness (QED) is 0.0297. The van der Waals surface area contributed by atoms with Crippen LogP contribution in [0.4, 0.5) is 0 Å². The molecule has 0 amide bonds. The van der Waals surface area contributed by atoms with Crippen molar-refractivity contribution in [2.75, 3.05) is 13.2 Å². The number of aliphatic hydroxyl groups is 9. The minimum Gasteiger partial charge on any atom is -0.508 e. The smallest absolute Gasteiger partial charge is 0.331 e. The van der Waals surface area contributed by atoms with Crippen LogP contribution in [0, 0.1) is 0 Å². The van der Waals surface area contributed by atoms with Crippen molar-refractivity contribution in [3.8, 4) is 45.8 Å². The van der Waals surface area contributed by atoms with Gasteiger partial charge in [-0.2, -0.15) is 0 Å². The summed E-state index contributed by atoms with van der Waals surface area (Å²) in [6.07, 6.45) is -32.2. The molecule has 0 bridgehead atoms. The van der Waals surface area contributed by atoms with Gasteiger partial charge in [0.15, 0.2) is 30.5 Å². The number of carbonyl (C=O) groups excluding carboxylic acids is 3. The summed E-state index contributed by atoms with van der Waals surface area (Å²) in [6.45, 7) is 2.05. The number of fused-ring (bicyclic) bond motifs is 1. The minimum absolute atomic E-state index is 0.00509. The predicted molar refractivity (Wildman–Crippen MR) is 294 cm³/mol. The highest BCUT2D eigenvalue weighted by Crippen LogP contribution is 2.41. The molecule has 4 aromatic carbocycles. The van der Waals surface area contributed by atoms with Crippen molar-refractivity contribution < 1.29 is 137 Å². The van der Waals surface area contributed by atoms with Crippen molar-refractivity contribution in [1.29, 1.82) is 0 Å². The topological polar surface area (TPSA) is 446 Å². The van der Waals surface area contributed by atoms with E-state index in [4.69, 9.17) is 56.5 Å². The van der Waals surface area contributed by atoms with E-state index >= 15 is 4.79 Å². The predicted octanol–water partition coefficient (Wildman–Crippen LogP) is -0.557. The SMILES string of the molecule is CC(=O)OCC1OC(OC2C(O)C(CO)OC(Oc3cc(O)c4c(=O)c(OC5OC(C)C(O)C(OC(=O)C=Cc6ccc(O)cc6)C5OC(=O)C=Cc5ccc(O)cc5)c(-c5ccc(O)cc5)oc4c3)C2OC2OC(C)C(O)C(O)C2O)C(O)C(O)C1O. The lowest BCUT2D eigenvalue weighted by molar-refractivity contribution is -0.383. The number of aliphatic hydroxyl groups excluding tert-OH is 9. The summed E-state index contributed by atoms with van der Waals surface area (Å²) in [4.78, 5) is 54.0. The summed E-state index contributed by atoms with van der Waals surface area (Å²) >= 11 is 0. The molecule has 474 valence electrons. The van der Waals surface area contributed by atoms with E-state index in [1.54, 1.807) is 0 Å². The van der Waals surface area contributed by atoms with Crippen LogP contribution >= 0.6 is 0 Å². The number of aromatic hydroxyl groups is 4. The fourth-order valence-corrected chi connectivity index (χ4v) is 9.91. The summed E-state index contributed by atoms with van der Waals surface area (Å²) in [5.41, 5.74) is -0.757. The number of carbonyl (C=O) groups is 3. The van der Waals surface area contributed by atoms with Gasteiger partial charge in [-0.3, -0.25) is 9.59 Å². The average molecular weight is 1240 g/mol. The summed E-state index contributed by atoms with van der Waals surface area (Å²) < 4.78 is 70.9. The highest BCUT2D eigenvalue weighted by molar-refractivity contribution is 5.89. The number of phenols is 4. The van der Waals surface area contributed by atoms with Crippen LogP contribution in [0.15, 0.2) is 106 Å². The maximum absolute atomic E-state index is 15.1. The Morgan fingerprint density at radius 3 is 1.61 bits per heavy atom. The normalized spacial score (nSPS) is 32.6. The molecule has 1 aromatic heterocycles. The Hall–Kier alpha value is -7.82. The van der Waals surface area contributed by atoms with Gasteiger partial charge < -0.3 is 123 Å². The number of phenolic OH excluding ortho intramolecular Hbond substituents is 4. The van der Waals surface area contributed by atoms with Gasteiger partial charge >= 0.3 is 17.9 Å². The number of rotatable bonds is 18. The zero-order valence-corrected chi connectivity index (χ0v) is 46.7. The summed E-state index contributed by atoms with van der Waals surface area (Å²) in [5.74, 6) is -5.94. The standard InChI is InChI=1S/C59H64O29/c1-24-41(68)46(73)48(75)56(78-24)88-55-52(86-57-49(76)47(74)43(70)37(83-57)23-77-26(3)61)44(71)36(22-60)82-59(55)80-33-20-34(65)40-35(21-33)81-50(29-10-16-32(64)17-11-29)53(45(40)72)87-58-54(85-39(67)19-9-28-6-14-31(63)15-7-28)51(42(69)25(2)79-58)84-38(66)18-8-27-4-12-30(62)13-5-27/h4-21,24-25,36-37,41-44,46-49,51-52,54-60,62-65,68-71,73-76H,22-23H2,1-3H3. The average Bonchev–Trinajstić information content (AvgIpc) is 0.856. The number of ether oxygens (including phenoxy) is 11. The first-order valence-electron chi connectivity index (χ1n) is 27.3. The lowest BCUT2D eigenvalue weighted by Gasteiger charge is -2.48. The molecule has 29 heteroatoms. The highest BCUT2D eigenvalue weighted by atomic mass is 16.8. The molecule has 0 aliphatic carbocycles. The molecular formula is C59H64O29. The van der Waals surface area contributed by atoms with E-state index in [0.29, 0.717) is 11.1 Å². The van der Waals surface area contributed by atoms with Crippen molar-refractivity contribution in [3.63, 3.8) is 0 Å². The Kier molecular flexibility index (Phi) is 20.3. The maximum atomic E-state index is 15.1. The van der Waals surface area contributed by atoms with Crippen LogP contribution in [-0.2, 0) is 57.0 Å². The maximum Gasteiger partial charge on any atom is 0.331 e. The molecule has 20 atom stereocenters. The Morgan fingerprint density at radius 1 is 0.534 bits per heavy atom. The second kappa shape index (κ2) is 27.7. The largest absolute Gasteiger partial charge is 0.508 e. The third-order valence-electron chi connectivity index (χ3n) is 14.7. The van der Waals surface area contributed by atoms with Crippen molar-refractivity contribution in [2.45, 2.75) is 144 Å². The van der Waals surface area contributed by atoms with Crippen LogP contribution in [0.3, 0.4) is 0 Å². The molecule has 0 radical (unpaired) electrons. The molecule has 9 rings (SSSR count). The molecule has 0 spiro atoms. The molecule has 88 heavy (non-hydrogen) atoms. The molecule has 4 fully saturated rings. The number of hydrogen-bond acceptors (Lipinski definition) is 29. The van der Waals surface area contributed by atoms with E-state index in [2.05, 4.69) is 0 Å². The van der Waals surface area contributed by atoms with Crippen molar-refractivity contribution in [3.05, 3.63) is 118 Å². The third-order valence-corrected chi connectivity index (χ3v) is 14.7. The Morgan fingerprint density at radius 2 is 1.03 bits per heavy atom. The minimum atomic E-state index is -2.11. The monoisotopic (exact) mass is 1240 g/mol. The lowest BCUT2D eigenvalue weighted by Crippen LogP contribution is -2.67. The zero-order chi connectivity index (χ0) is 63.4. The van der Waals surface area contributed by atoms with E-state index in [1.807, 2.05) is 0 Å². The third kappa shape index (κ3) is 14.5. The number of benzene rings is 4. The summed E-state index contributed by atoms with van der Waals surface area (Å²) in [7, 11) is 0. The van der Waals surface area contributed by atoms with Crippen LogP contribution in [0.2, 0.25) is 0 Å². The molecule has 5 heterocycles. The van der Waals surface area contributed by atoms with E-state index in [-0.39, 0.29) is 22.8 Å². The van der Waals surface area contributed by atoms with Gasteiger partial charge in [0.2, 0.25) is 29.9 Å². The van der Waals surface area contributed by atoms with Gasteiger partial charge in [0.25, 0.3) is 0 Å². The lowest BCUT2D eigenvalue weighted by atomic mass is 9.96. The van der Waals surface area contributed by atoms with Gasteiger partial charge in [-0.15, -0.1) is 0 Å². The zero-order valence-electron chi connectivity index (χ0n) is 46.7. The van der Waals surface area contributed by atoms with Gasteiger partial charge in [0.05, 0.1) is 18.8 Å². The molecule has 4 aliphatic heterocycles. The molecule has 4 aliphatic rings.